The lowest BCUT2D eigenvalue weighted by Crippen LogP contribution is -2.46. The number of methoxy groups -OCH3 is 1. The number of primary amides is 1. The molecule has 1 aromatic rings. The predicted octanol–water partition coefficient (Wildman–Crippen LogP) is 1.70. The summed E-state index contributed by atoms with van der Waals surface area (Å²) in [4.78, 5) is 23.7. The van der Waals surface area contributed by atoms with Crippen molar-refractivity contribution in [3.8, 4) is 0 Å². The average Bonchev–Trinajstić information content (AvgIpc) is 2.48. The van der Waals surface area contributed by atoms with E-state index < -0.39 is 18.1 Å². The van der Waals surface area contributed by atoms with Crippen molar-refractivity contribution in [2.45, 2.75) is 31.4 Å². The quantitative estimate of drug-likeness (QED) is 0.536. The van der Waals surface area contributed by atoms with Crippen LogP contribution in [0.25, 0.3) is 0 Å². The van der Waals surface area contributed by atoms with Crippen LogP contribution in [-0.4, -0.2) is 25.0 Å². The smallest absolute Gasteiger partial charge is 0.254 e. The molecule has 0 unspecified atom stereocenters. The molecule has 2 amide bonds. The summed E-state index contributed by atoms with van der Waals surface area (Å²) in [5.41, 5.74) is 6.06. The first-order chi connectivity index (χ1) is 10.1. The van der Waals surface area contributed by atoms with E-state index in [0.29, 0.717) is 6.42 Å². The number of hydrogen-bond donors (Lipinski definition) is 2. The molecule has 0 saturated heterocycles. The Hall–Kier alpha value is -2.14. The molecule has 0 aliphatic heterocycles. The molecule has 1 aromatic carbocycles. The minimum Gasteiger partial charge on any atom is -0.368 e. The summed E-state index contributed by atoms with van der Waals surface area (Å²) in [6.07, 6.45) is 3.00. The van der Waals surface area contributed by atoms with Crippen LogP contribution in [-0.2, 0) is 14.3 Å². The molecule has 3 N–H and O–H groups in total. The molecule has 0 aromatic heterocycles. The summed E-state index contributed by atoms with van der Waals surface area (Å²) in [7, 11) is 1.45. The van der Waals surface area contributed by atoms with Crippen LogP contribution in [0.1, 0.15) is 30.9 Å². The van der Waals surface area contributed by atoms with E-state index in [0.717, 1.165) is 18.4 Å². The van der Waals surface area contributed by atoms with Crippen LogP contribution in [0.4, 0.5) is 0 Å². The molecule has 0 spiro atoms. The zero-order valence-electron chi connectivity index (χ0n) is 12.2. The lowest BCUT2D eigenvalue weighted by atomic mass is 10.1. The van der Waals surface area contributed by atoms with Crippen LogP contribution in [0.3, 0.4) is 0 Å². The summed E-state index contributed by atoms with van der Waals surface area (Å²) >= 11 is 0. The first-order valence-electron chi connectivity index (χ1n) is 6.88. The van der Waals surface area contributed by atoms with Crippen molar-refractivity contribution < 1.29 is 14.3 Å². The molecule has 1 rings (SSSR count). The molecule has 5 heteroatoms. The highest BCUT2D eigenvalue weighted by Gasteiger charge is 2.24. The second-order valence-corrected chi connectivity index (χ2v) is 4.71. The van der Waals surface area contributed by atoms with E-state index in [4.69, 9.17) is 10.5 Å². The maximum absolute atomic E-state index is 12.3. The van der Waals surface area contributed by atoms with Crippen molar-refractivity contribution in [2.75, 3.05) is 7.11 Å². The van der Waals surface area contributed by atoms with Crippen LogP contribution in [0.5, 0.6) is 0 Å². The van der Waals surface area contributed by atoms with Gasteiger partial charge in [0.25, 0.3) is 5.91 Å². The van der Waals surface area contributed by atoms with Gasteiger partial charge in [-0.05, 0) is 24.8 Å². The molecule has 0 bridgehead atoms. The van der Waals surface area contributed by atoms with Crippen molar-refractivity contribution in [3.05, 3.63) is 48.6 Å². The topological polar surface area (TPSA) is 81.4 Å². The summed E-state index contributed by atoms with van der Waals surface area (Å²) in [5, 5.41) is 2.65. The largest absolute Gasteiger partial charge is 0.368 e. The van der Waals surface area contributed by atoms with Gasteiger partial charge >= 0.3 is 0 Å². The monoisotopic (exact) mass is 290 g/mol. The summed E-state index contributed by atoms with van der Waals surface area (Å²) in [6.45, 7) is 3.62. The van der Waals surface area contributed by atoms with Crippen molar-refractivity contribution >= 4 is 11.8 Å². The van der Waals surface area contributed by atoms with E-state index in [1.54, 1.807) is 18.2 Å². The van der Waals surface area contributed by atoms with E-state index in [1.807, 2.05) is 18.2 Å². The standard InChI is InChI=1S/C16H22N2O3/c1-3-4-6-11-13(15(17)19)18-16(20)14(21-2)12-9-7-5-8-10-12/h3,5,7-10,13-14H,1,4,6,11H2,2H3,(H2,17,19)(H,18,20)/t13-,14-/m1/s1. The number of nitrogens with two attached hydrogens (primary N) is 1. The van der Waals surface area contributed by atoms with E-state index in [-0.39, 0.29) is 5.91 Å². The van der Waals surface area contributed by atoms with Gasteiger partial charge in [0.2, 0.25) is 5.91 Å². The zero-order valence-corrected chi connectivity index (χ0v) is 12.2. The molecular formula is C16H22N2O3. The van der Waals surface area contributed by atoms with Gasteiger partial charge in [0.05, 0.1) is 0 Å². The highest BCUT2D eigenvalue weighted by Crippen LogP contribution is 2.16. The number of carbonyl (C=O) groups is 2. The Labute approximate surface area is 125 Å². The van der Waals surface area contributed by atoms with Crippen molar-refractivity contribution in [2.24, 2.45) is 5.73 Å². The zero-order chi connectivity index (χ0) is 15.7. The number of unbranched alkanes of at least 4 members (excludes halogenated alkanes) is 1. The Morgan fingerprint density at radius 1 is 1.38 bits per heavy atom. The maximum Gasteiger partial charge on any atom is 0.254 e. The lowest BCUT2D eigenvalue weighted by molar-refractivity contribution is -0.135. The van der Waals surface area contributed by atoms with Gasteiger partial charge < -0.3 is 15.8 Å². The van der Waals surface area contributed by atoms with Gasteiger partial charge in [-0.1, -0.05) is 36.4 Å². The molecular weight excluding hydrogens is 268 g/mol. The third-order valence-electron chi connectivity index (χ3n) is 3.14. The van der Waals surface area contributed by atoms with Gasteiger partial charge in [0, 0.05) is 7.11 Å². The normalized spacial score (nSPS) is 13.2. The Balaban J connectivity index is 2.70. The number of ether oxygens (including phenoxy) is 1. The van der Waals surface area contributed by atoms with Crippen LogP contribution in [0, 0.1) is 0 Å². The van der Waals surface area contributed by atoms with Crippen LogP contribution >= 0.6 is 0 Å². The van der Waals surface area contributed by atoms with Crippen molar-refractivity contribution in [3.63, 3.8) is 0 Å². The number of rotatable bonds is 9. The third kappa shape index (κ3) is 5.39. The van der Waals surface area contributed by atoms with Gasteiger partial charge in [0.15, 0.2) is 6.10 Å². The van der Waals surface area contributed by atoms with Crippen LogP contribution < -0.4 is 11.1 Å². The van der Waals surface area contributed by atoms with Crippen molar-refractivity contribution in [1.29, 1.82) is 0 Å². The predicted molar refractivity (Wildman–Crippen MR) is 81.4 cm³/mol. The third-order valence-corrected chi connectivity index (χ3v) is 3.14. The van der Waals surface area contributed by atoms with E-state index in [9.17, 15) is 9.59 Å². The second-order valence-electron chi connectivity index (χ2n) is 4.71. The highest BCUT2D eigenvalue weighted by molar-refractivity contribution is 5.89. The summed E-state index contributed by atoms with van der Waals surface area (Å²) < 4.78 is 5.22. The first-order valence-corrected chi connectivity index (χ1v) is 6.88. The lowest BCUT2D eigenvalue weighted by Gasteiger charge is -2.20. The molecule has 114 valence electrons. The van der Waals surface area contributed by atoms with E-state index >= 15 is 0 Å². The van der Waals surface area contributed by atoms with Crippen LogP contribution in [0.2, 0.25) is 0 Å². The number of allylic oxidation sites excluding steroid dienone is 1. The molecule has 5 nitrogen and oxygen atoms in total. The van der Waals surface area contributed by atoms with E-state index in [1.165, 1.54) is 7.11 Å². The number of hydrogen-bond acceptors (Lipinski definition) is 3. The summed E-state index contributed by atoms with van der Waals surface area (Å²) in [5.74, 6) is -0.915. The molecule has 0 aliphatic carbocycles. The fraction of sp³-hybridized carbons (Fsp3) is 0.375. The number of nitrogens with one attached hydrogen (secondary N) is 1. The molecule has 0 radical (unpaired) electrons. The Kier molecular flexibility index (Phi) is 7.18. The molecule has 0 saturated carbocycles. The average molecular weight is 290 g/mol. The molecule has 0 fully saturated rings. The van der Waals surface area contributed by atoms with Crippen LogP contribution in [0.15, 0.2) is 43.0 Å². The minimum atomic E-state index is -0.757. The Morgan fingerprint density at radius 2 is 2.05 bits per heavy atom. The van der Waals surface area contributed by atoms with Crippen molar-refractivity contribution in [1.82, 2.24) is 5.32 Å². The molecule has 2 atom stereocenters. The second kappa shape index (κ2) is 8.92. The van der Waals surface area contributed by atoms with Gasteiger partial charge in [-0.15, -0.1) is 6.58 Å². The Morgan fingerprint density at radius 3 is 2.57 bits per heavy atom. The maximum atomic E-state index is 12.3. The fourth-order valence-corrected chi connectivity index (χ4v) is 2.02. The SMILES string of the molecule is C=CCCC[C@@H](NC(=O)[C@H](OC)c1ccccc1)C(N)=O. The molecule has 21 heavy (non-hydrogen) atoms. The van der Waals surface area contributed by atoms with Gasteiger partial charge in [-0.2, -0.15) is 0 Å². The molecule has 0 heterocycles. The fourth-order valence-electron chi connectivity index (χ4n) is 2.02. The number of amides is 2. The Bertz CT molecular complexity index is 474. The van der Waals surface area contributed by atoms with Gasteiger partial charge in [0.1, 0.15) is 6.04 Å². The summed E-state index contributed by atoms with van der Waals surface area (Å²) in [6, 6.07) is 8.40. The van der Waals surface area contributed by atoms with Gasteiger partial charge in [-0.25, -0.2) is 0 Å². The highest BCUT2D eigenvalue weighted by atomic mass is 16.5. The molecule has 0 aliphatic rings. The number of benzene rings is 1. The minimum absolute atomic E-state index is 0.369. The van der Waals surface area contributed by atoms with E-state index in [2.05, 4.69) is 11.9 Å². The first kappa shape index (κ1) is 16.9. The number of carbonyl (C=O) groups excluding carboxylic acids is 2. The van der Waals surface area contributed by atoms with Gasteiger partial charge in [-0.3, -0.25) is 9.59 Å².